The van der Waals surface area contributed by atoms with Gasteiger partial charge in [-0.25, -0.2) is 4.79 Å². The molecular formula is C18H20NO6-. The molecule has 1 amide bonds. The maximum Gasteiger partial charge on any atom is 0.336 e. The van der Waals surface area contributed by atoms with E-state index in [1.807, 2.05) is 13.8 Å². The molecule has 1 aromatic heterocycles. The van der Waals surface area contributed by atoms with Gasteiger partial charge < -0.3 is 24.4 Å². The molecule has 0 saturated heterocycles. The molecule has 2 aromatic rings. The highest BCUT2D eigenvalue weighted by atomic mass is 16.5. The van der Waals surface area contributed by atoms with Crippen LogP contribution in [0, 0.1) is 0 Å². The third-order valence-corrected chi connectivity index (χ3v) is 3.75. The molecule has 7 heteroatoms. The van der Waals surface area contributed by atoms with Gasteiger partial charge in [0.25, 0.3) is 5.91 Å². The van der Waals surface area contributed by atoms with Crippen molar-refractivity contribution in [1.82, 2.24) is 5.32 Å². The number of hydrogen-bond acceptors (Lipinski definition) is 6. The number of fused-ring (bicyclic) bond motifs is 1. The number of ether oxygens (including phenoxy) is 1. The monoisotopic (exact) mass is 346 g/mol. The van der Waals surface area contributed by atoms with Gasteiger partial charge in [-0.2, -0.15) is 0 Å². The van der Waals surface area contributed by atoms with E-state index in [9.17, 15) is 19.5 Å². The summed E-state index contributed by atoms with van der Waals surface area (Å²) in [4.78, 5) is 34.3. The average molecular weight is 346 g/mol. The number of hydrogen-bond donors (Lipinski definition) is 1. The number of nitrogens with one attached hydrogen (secondary N) is 1. The largest absolute Gasteiger partial charge is 0.548 e. The molecule has 2 rings (SSSR count). The van der Waals surface area contributed by atoms with Crippen molar-refractivity contribution in [2.45, 2.75) is 39.2 Å². The van der Waals surface area contributed by atoms with Crippen molar-refractivity contribution >= 4 is 22.8 Å². The van der Waals surface area contributed by atoms with Gasteiger partial charge in [-0.3, -0.25) is 4.79 Å². The molecule has 0 fully saturated rings. The molecular weight excluding hydrogens is 326 g/mol. The van der Waals surface area contributed by atoms with E-state index >= 15 is 0 Å². The standard InChI is InChI=1S/C18H21NO6/c1-3-5-14(18(22)23)19-16(20)10-24-12-6-7-13-11(4-2)8-17(21)25-15(13)9-12/h6-9,14H,3-5,10H2,1-2H3,(H,19,20)(H,22,23)/p-1/t14-/m1/s1. The number of carboxylic acid groups (broad SMARTS) is 1. The number of carboxylic acids is 1. The van der Waals surface area contributed by atoms with Crippen molar-refractivity contribution in [2.75, 3.05) is 6.61 Å². The van der Waals surface area contributed by atoms with Crippen LogP contribution in [0.5, 0.6) is 5.75 Å². The number of benzene rings is 1. The van der Waals surface area contributed by atoms with E-state index in [1.54, 1.807) is 12.1 Å². The van der Waals surface area contributed by atoms with Crippen molar-refractivity contribution in [1.29, 1.82) is 0 Å². The number of amides is 1. The molecule has 7 nitrogen and oxygen atoms in total. The maximum absolute atomic E-state index is 11.8. The Hall–Kier alpha value is -2.83. The van der Waals surface area contributed by atoms with Crippen molar-refractivity contribution in [2.24, 2.45) is 0 Å². The lowest BCUT2D eigenvalue weighted by Crippen LogP contribution is -2.49. The number of rotatable bonds is 8. The summed E-state index contributed by atoms with van der Waals surface area (Å²) in [5, 5.41) is 14.1. The number of aliphatic carboxylic acids is 1. The Morgan fingerprint density at radius 2 is 2.04 bits per heavy atom. The molecule has 1 heterocycles. The molecule has 0 unspecified atom stereocenters. The Morgan fingerprint density at radius 1 is 1.28 bits per heavy atom. The van der Waals surface area contributed by atoms with Gasteiger partial charge in [-0.1, -0.05) is 20.3 Å². The lowest BCUT2D eigenvalue weighted by Gasteiger charge is -2.19. The molecule has 1 N–H and O–H groups in total. The molecule has 0 spiro atoms. The zero-order valence-corrected chi connectivity index (χ0v) is 14.2. The van der Waals surface area contributed by atoms with Crippen LogP contribution in [0.15, 0.2) is 33.5 Å². The van der Waals surface area contributed by atoms with Crippen LogP contribution in [0.1, 0.15) is 32.3 Å². The second-order valence-electron chi connectivity index (χ2n) is 5.62. The van der Waals surface area contributed by atoms with Crippen LogP contribution in [-0.4, -0.2) is 24.5 Å². The zero-order valence-electron chi connectivity index (χ0n) is 14.2. The van der Waals surface area contributed by atoms with Crippen LogP contribution >= 0.6 is 0 Å². The third-order valence-electron chi connectivity index (χ3n) is 3.75. The summed E-state index contributed by atoms with van der Waals surface area (Å²) in [6, 6.07) is 5.36. The van der Waals surface area contributed by atoms with E-state index in [0.29, 0.717) is 24.2 Å². The van der Waals surface area contributed by atoms with E-state index < -0.39 is 23.5 Å². The summed E-state index contributed by atoms with van der Waals surface area (Å²) in [6.45, 7) is 3.40. The molecule has 0 radical (unpaired) electrons. The first kappa shape index (κ1) is 18.5. The molecule has 25 heavy (non-hydrogen) atoms. The molecule has 1 atom stereocenters. The summed E-state index contributed by atoms with van der Waals surface area (Å²) >= 11 is 0. The van der Waals surface area contributed by atoms with Gasteiger partial charge in [-0.15, -0.1) is 0 Å². The van der Waals surface area contributed by atoms with E-state index in [1.165, 1.54) is 12.1 Å². The molecule has 134 valence electrons. The van der Waals surface area contributed by atoms with Gasteiger partial charge >= 0.3 is 5.63 Å². The van der Waals surface area contributed by atoms with Gasteiger partial charge in [0.05, 0.1) is 12.0 Å². The van der Waals surface area contributed by atoms with Gasteiger partial charge in [0, 0.05) is 17.5 Å². The lowest BCUT2D eigenvalue weighted by molar-refractivity contribution is -0.308. The normalized spacial score (nSPS) is 11.9. The summed E-state index contributed by atoms with van der Waals surface area (Å²) in [5.41, 5.74) is 0.795. The van der Waals surface area contributed by atoms with Crippen LogP contribution in [0.4, 0.5) is 0 Å². The Kier molecular flexibility index (Phi) is 6.16. The Balaban J connectivity index is 2.07. The Labute approximate surface area is 144 Å². The number of carbonyl (C=O) groups excluding carboxylic acids is 2. The van der Waals surface area contributed by atoms with E-state index in [-0.39, 0.29) is 13.0 Å². The smallest absolute Gasteiger partial charge is 0.336 e. The molecule has 1 aromatic carbocycles. The maximum atomic E-state index is 11.8. The van der Waals surface area contributed by atoms with Crippen LogP contribution in [-0.2, 0) is 16.0 Å². The topological polar surface area (TPSA) is 109 Å². The van der Waals surface area contributed by atoms with Crippen LogP contribution in [0.2, 0.25) is 0 Å². The highest BCUT2D eigenvalue weighted by molar-refractivity contribution is 5.84. The van der Waals surface area contributed by atoms with Gasteiger partial charge in [0.15, 0.2) is 6.61 Å². The van der Waals surface area contributed by atoms with Crippen LogP contribution in [0.25, 0.3) is 11.0 Å². The fraction of sp³-hybridized carbons (Fsp3) is 0.389. The molecule has 0 aliphatic heterocycles. The highest BCUT2D eigenvalue weighted by Gasteiger charge is 2.13. The Morgan fingerprint density at radius 3 is 2.68 bits per heavy atom. The predicted octanol–water partition coefficient (Wildman–Crippen LogP) is 0.769. The van der Waals surface area contributed by atoms with Gasteiger partial charge in [0.1, 0.15) is 11.3 Å². The van der Waals surface area contributed by atoms with Crippen molar-refractivity contribution in [3.05, 3.63) is 40.2 Å². The SMILES string of the molecule is CCC[C@@H](NC(=O)COc1ccc2c(CC)cc(=O)oc2c1)C(=O)[O-]. The quantitative estimate of drug-likeness (QED) is 0.707. The minimum atomic E-state index is -1.32. The first-order chi connectivity index (χ1) is 11.9. The average Bonchev–Trinajstić information content (AvgIpc) is 2.58. The number of carbonyl (C=O) groups is 2. The van der Waals surface area contributed by atoms with Gasteiger partial charge in [0.2, 0.25) is 0 Å². The minimum Gasteiger partial charge on any atom is -0.548 e. The lowest BCUT2D eigenvalue weighted by atomic mass is 10.1. The van der Waals surface area contributed by atoms with E-state index in [0.717, 1.165) is 10.9 Å². The predicted molar refractivity (Wildman–Crippen MR) is 89.2 cm³/mol. The first-order valence-electron chi connectivity index (χ1n) is 8.14. The minimum absolute atomic E-state index is 0.287. The zero-order chi connectivity index (χ0) is 18.4. The van der Waals surface area contributed by atoms with Crippen LogP contribution in [0.3, 0.4) is 0 Å². The summed E-state index contributed by atoms with van der Waals surface area (Å²) < 4.78 is 10.5. The summed E-state index contributed by atoms with van der Waals surface area (Å²) in [7, 11) is 0. The summed E-state index contributed by atoms with van der Waals surface area (Å²) in [6.07, 6.45) is 1.57. The molecule has 0 saturated carbocycles. The van der Waals surface area contributed by atoms with Gasteiger partial charge in [-0.05, 0) is 30.5 Å². The second-order valence-corrected chi connectivity index (χ2v) is 5.62. The van der Waals surface area contributed by atoms with Crippen molar-refractivity contribution in [3.63, 3.8) is 0 Å². The molecule has 0 aliphatic rings. The highest BCUT2D eigenvalue weighted by Crippen LogP contribution is 2.23. The van der Waals surface area contributed by atoms with Crippen molar-refractivity contribution < 1.29 is 23.8 Å². The molecule has 0 aliphatic carbocycles. The second kappa shape index (κ2) is 8.32. The van der Waals surface area contributed by atoms with E-state index in [2.05, 4.69) is 5.32 Å². The fourth-order valence-corrected chi connectivity index (χ4v) is 2.52. The van der Waals surface area contributed by atoms with Crippen molar-refractivity contribution in [3.8, 4) is 5.75 Å². The Bertz CT molecular complexity index is 826. The first-order valence-corrected chi connectivity index (χ1v) is 8.14. The van der Waals surface area contributed by atoms with E-state index in [4.69, 9.17) is 9.15 Å². The third kappa shape index (κ3) is 4.82. The van der Waals surface area contributed by atoms with Crippen LogP contribution < -0.4 is 20.8 Å². The number of aryl methyl sites for hydroxylation is 1. The summed E-state index contributed by atoms with van der Waals surface area (Å²) in [5.74, 6) is -1.54. The molecule has 0 bridgehead atoms. The fourth-order valence-electron chi connectivity index (χ4n) is 2.52.